The molecule has 1 saturated carbocycles. The largest absolute Gasteiger partial charge is 0.487 e. The third-order valence-electron chi connectivity index (χ3n) is 5.42. The molecule has 0 heterocycles. The Morgan fingerprint density at radius 2 is 1.77 bits per heavy atom. The molecule has 0 spiro atoms. The molecule has 1 N–H and O–H groups in total. The van der Waals surface area contributed by atoms with Crippen molar-refractivity contribution < 1.29 is 19.1 Å². The van der Waals surface area contributed by atoms with Gasteiger partial charge in [-0.2, -0.15) is 0 Å². The first kappa shape index (κ1) is 22.4. The molecule has 1 aliphatic rings. The molecule has 0 saturated heterocycles. The molecule has 0 unspecified atom stereocenters. The number of ether oxygens (including phenoxy) is 2. The van der Waals surface area contributed by atoms with Crippen LogP contribution in [-0.4, -0.2) is 31.7 Å². The van der Waals surface area contributed by atoms with Gasteiger partial charge in [0, 0.05) is 18.8 Å². The topological polar surface area (TPSA) is 67.9 Å². The lowest BCUT2D eigenvalue weighted by Gasteiger charge is -2.26. The molecule has 1 aliphatic carbocycles. The fourth-order valence-electron chi connectivity index (χ4n) is 3.64. The first-order valence-electron chi connectivity index (χ1n) is 10.8. The molecular formula is C25H30N2O4. The van der Waals surface area contributed by atoms with E-state index in [0.717, 1.165) is 29.7 Å². The highest BCUT2D eigenvalue weighted by atomic mass is 16.6. The quantitative estimate of drug-likeness (QED) is 0.285. The maximum absolute atomic E-state index is 12.7. The maximum Gasteiger partial charge on any atom is 0.378 e. The number of esters is 1. The van der Waals surface area contributed by atoms with Crippen LogP contribution in [0, 0.1) is 0 Å². The first-order valence-corrected chi connectivity index (χ1v) is 10.8. The SMILES string of the molecule is C=C(OCC)C(=O)Oc1ccc(-c2cccc(N(C)C(=O)NC3CCCCC3)c2)cc1. The predicted molar refractivity (Wildman–Crippen MR) is 122 cm³/mol. The average Bonchev–Trinajstić information content (AvgIpc) is 2.80. The van der Waals surface area contributed by atoms with Crippen molar-refractivity contribution in [2.24, 2.45) is 0 Å². The molecule has 164 valence electrons. The van der Waals surface area contributed by atoms with Crippen molar-refractivity contribution in [2.75, 3.05) is 18.6 Å². The van der Waals surface area contributed by atoms with Gasteiger partial charge in [-0.25, -0.2) is 9.59 Å². The van der Waals surface area contributed by atoms with Crippen molar-refractivity contribution in [3.8, 4) is 16.9 Å². The van der Waals surface area contributed by atoms with Crippen molar-refractivity contribution in [3.63, 3.8) is 0 Å². The monoisotopic (exact) mass is 422 g/mol. The van der Waals surface area contributed by atoms with Gasteiger partial charge in [0.15, 0.2) is 5.76 Å². The number of hydrogen-bond donors (Lipinski definition) is 1. The van der Waals surface area contributed by atoms with E-state index in [1.807, 2.05) is 36.4 Å². The van der Waals surface area contributed by atoms with Crippen molar-refractivity contribution in [1.82, 2.24) is 5.32 Å². The molecule has 6 heteroatoms. The number of carbonyl (C=O) groups is 2. The Kier molecular flexibility index (Phi) is 7.70. The van der Waals surface area contributed by atoms with Crippen LogP contribution in [-0.2, 0) is 9.53 Å². The summed E-state index contributed by atoms with van der Waals surface area (Å²) < 4.78 is 10.3. The number of nitrogens with one attached hydrogen (secondary N) is 1. The Bertz CT molecular complexity index is 917. The number of anilines is 1. The van der Waals surface area contributed by atoms with E-state index in [-0.39, 0.29) is 17.8 Å². The number of benzene rings is 2. The molecule has 0 bridgehead atoms. The van der Waals surface area contributed by atoms with Gasteiger partial charge in [0.25, 0.3) is 0 Å². The second-order valence-corrected chi connectivity index (χ2v) is 7.66. The Labute approximate surface area is 183 Å². The van der Waals surface area contributed by atoms with Crippen LogP contribution in [0.5, 0.6) is 5.75 Å². The Balaban J connectivity index is 1.65. The molecular weight excluding hydrogens is 392 g/mol. The smallest absolute Gasteiger partial charge is 0.378 e. The van der Waals surface area contributed by atoms with E-state index in [4.69, 9.17) is 9.47 Å². The van der Waals surface area contributed by atoms with Gasteiger partial charge in [0.05, 0.1) is 6.61 Å². The number of urea groups is 1. The molecule has 31 heavy (non-hydrogen) atoms. The summed E-state index contributed by atoms with van der Waals surface area (Å²) in [7, 11) is 1.78. The normalized spacial score (nSPS) is 13.9. The average molecular weight is 423 g/mol. The molecule has 0 aromatic heterocycles. The predicted octanol–water partition coefficient (Wildman–Crippen LogP) is 5.29. The molecule has 2 aromatic rings. The fraction of sp³-hybridized carbons (Fsp3) is 0.360. The molecule has 1 fully saturated rings. The second-order valence-electron chi connectivity index (χ2n) is 7.66. The van der Waals surface area contributed by atoms with Gasteiger partial charge >= 0.3 is 12.0 Å². The van der Waals surface area contributed by atoms with Crippen molar-refractivity contribution in [3.05, 3.63) is 60.9 Å². The van der Waals surface area contributed by atoms with Crippen LogP contribution in [0.25, 0.3) is 11.1 Å². The van der Waals surface area contributed by atoms with E-state index in [1.54, 1.807) is 31.0 Å². The van der Waals surface area contributed by atoms with Gasteiger partial charge in [-0.3, -0.25) is 4.90 Å². The highest BCUT2D eigenvalue weighted by Crippen LogP contribution is 2.27. The Hall–Kier alpha value is -3.28. The third-order valence-corrected chi connectivity index (χ3v) is 5.42. The lowest BCUT2D eigenvalue weighted by Crippen LogP contribution is -2.43. The number of amides is 2. The standard InChI is InChI=1S/C25H30N2O4/c1-4-30-18(2)24(28)31-23-15-13-19(14-16-23)20-9-8-12-22(17-20)27(3)25(29)26-21-10-6-5-7-11-21/h8-9,12-17,21H,2,4-7,10-11H2,1,3H3,(H,26,29). The first-order chi connectivity index (χ1) is 15.0. The van der Waals surface area contributed by atoms with Crippen molar-refractivity contribution >= 4 is 17.7 Å². The zero-order valence-electron chi connectivity index (χ0n) is 18.2. The maximum atomic E-state index is 12.7. The summed E-state index contributed by atoms with van der Waals surface area (Å²) in [5, 5.41) is 3.14. The van der Waals surface area contributed by atoms with E-state index < -0.39 is 5.97 Å². The Morgan fingerprint density at radius 1 is 1.06 bits per heavy atom. The van der Waals surface area contributed by atoms with Crippen LogP contribution >= 0.6 is 0 Å². The van der Waals surface area contributed by atoms with Gasteiger partial charge in [0.2, 0.25) is 0 Å². The summed E-state index contributed by atoms with van der Waals surface area (Å²) in [6.45, 7) is 5.68. The number of rotatable bonds is 7. The van der Waals surface area contributed by atoms with Gasteiger partial charge in [-0.1, -0.05) is 43.5 Å². The van der Waals surface area contributed by atoms with Crippen LogP contribution < -0.4 is 15.0 Å². The zero-order valence-corrected chi connectivity index (χ0v) is 18.2. The van der Waals surface area contributed by atoms with Gasteiger partial charge in [0.1, 0.15) is 5.75 Å². The summed E-state index contributed by atoms with van der Waals surface area (Å²) >= 11 is 0. The molecule has 6 nitrogen and oxygen atoms in total. The summed E-state index contributed by atoms with van der Waals surface area (Å²) in [6.07, 6.45) is 5.71. The van der Waals surface area contributed by atoms with Gasteiger partial charge in [-0.05, 0) is 61.7 Å². The van der Waals surface area contributed by atoms with E-state index in [1.165, 1.54) is 19.3 Å². The number of carbonyl (C=O) groups excluding carboxylic acids is 2. The fourth-order valence-corrected chi connectivity index (χ4v) is 3.64. The summed E-state index contributed by atoms with van der Waals surface area (Å²) in [6, 6.07) is 15.2. The van der Waals surface area contributed by atoms with Crippen LogP contribution in [0.3, 0.4) is 0 Å². The van der Waals surface area contributed by atoms with Crippen LogP contribution in [0.15, 0.2) is 60.9 Å². The lowest BCUT2D eigenvalue weighted by atomic mass is 9.96. The Morgan fingerprint density at radius 3 is 2.45 bits per heavy atom. The molecule has 0 aliphatic heterocycles. The number of hydrogen-bond acceptors (Lipinski definition) is 4. The summed E-state index contributed by atoms with van der Waals surface area (Å²) in [4.78, 5) is 26.2. The van der Waals surface area contributed by atoms with E-state index in [2.05, 4.69) is 11.9 Å². The van der Waals surface area contributed by atoms with Gasteiger partial charge in [-0.15, -0.1) is 0 Å². The van der Waals surface area contributed by atoms with Gasteiger partial charge < -0.3 is 14.8 Å². The minimum absolute atomic E-state index is 0.0196. The summed E-state index contributed by atoms with van der Waals surface area (Å²) in [5.41, 5.74) is 2.73. The highest BCUT2D eigenvalue weighted by Gasteiger charge is 2.19. The minimum atomic E-state index is -0.609. The van der Waals surface area contributed by atoms with E-state index in [0.29, 0.717) is 12.4 Å². The van der Waals surface area contributed by atoms with E-state index >= 15 is 0 Å². The molecule has 3 rings (SSSR count). The third kappa shape index (κ3) is 6.10. The van der Waals surface area contributed by atoms with Crippen LogP contribution in [0.4, 0.5) is 10.5 Å². The van der Waals surface area contributed by atoms with E-state index in [9.17, 15) is 9.59 Å². The van der Waals surface area contributed by atoms with Crippen LogP contribution in [0.2, 0.25) is 0 Å². The zero-order chi connectivity index (χ0) is 22.2. The van der Waals surface area contributed by atoms with Crippen molar-refractivity contribution in [2.45, 2.75) is 45.1 Å². The number of nitrogens with zero attached hydrogens (tertiary/aromatic N) is 1. The molecule has 0 radical (unpaired) electrons. The van der Waals surface area contributed by atoms with Crippen molar-refractivity contribution in [1.29, 1.82) is 0 Å². The molecule has 2 amide bonds. The molecule has 2 aromatic carbocycles. The lowest BCUT2D eigenvalue weighted by molar-refractivity contribution is -0.133. The highest BCUT2D eigenvalue weighted by molar-refractivity contribution is 5.92. The molecule has 0 atom stereocenters. The minimum Gasteiger partial charge on any atom is -0.487 e. The second kappa shape index (κ2) is 10.7. The summed E-state index contributed by atoms with van der Waals surface area (Å²) in [5.74, 6) is -0.217. The van der Waals surface area contributed by atoms with Crippen LogP contribution in [0.1, 0.15) is 39.0 Å².